The van der Waals surface area contributed by atoms with E-state index < -0.39 is 0 Å². The zero-order chi connectivity index (χ0) is 16.8. The Morgan fingerprint density at radius 2 is 2.00 bits per heavy atom. The zero-order valence-corrected chi connectivity index (χ0v) is 13.8. The van der Waals surface area contributed by atoms with Crippen molar-refractivity contribution >= 4 is 11.9 Å². The van der Waals surface area contributed by atoms with Crippen LogP contribution in [0.25, 0.3) is 0 Å². The first-order valence-corrected chi connectivity index (χ1v) is 8.01. The fourth-order valence-corrected chi connectivity index (χ4v) is 3.44. The summed E-state index contributed by atoms with van der Waals surface area (Å²) in [7, 11) is 0. The third kappa shape index (κ3) is 2.94. The lowest BCUT2D eigenvalue weighted by Gasteiger charge is -2.42. The molecule has 23 heavy (non-hydrogen) atoms. The van der Waals surface area contributed by atoms with Crippen molar-refractivity contribution in [3.63, 3.8) is 0 Å². The average Bonchev–Trinajstić information content (AvgIpc) is 3.18. The summed E-state index contributed by atoms with van der Waals surface area (Å²) >= 11 is 0. The quantitative estimate of drug-likeness (QED) is 0.901. The molecule has 0 radical (unpaired) electrons. The number of hydrogen-bond donors (Lipinski definition) is 2. The van der Waals surface area contributed by atoms with Crippen molar-refractivity contribution in [2.45, 2.75) is 45.2 Å². The van der Waals surface area contributed by atoms with E-state index in [1.54, 1.807) is 17.0 Å². The van der Waals surface area contributed by atoms with E-state index in [9.17, 15) is 4.79 Å². The van der Waals surface area contributed by atoms with Gasteiger partial charge in [-0.2, -0.15) is 5.26 Å². The van der Waals surface area contributed by atoms with Crippen LogP contribution >= 0.6 is 0 Å². The van der Waals surface area contributed by atoms with Crippen LogP contribution in [0.4, 0.5) is 0 Å². The fraction of sp³-hybridized carbons (Fsp3) is 0.500. The number of carbonyl (C=O) groups excluding carboxylic acids is 1. The van der Waals surface area contributed by atoms with Gasteiger partial charge in [0, 0.05) is 12.0 Å². The van der Waals surface area contributed by atoms with E-state index in [-0.39, 0.29) is 23.4 Å². The standard InChI is InChI=1S/C18H22N4O/c1-11-8-14(11)16(13-6-4-12(10-19)5-7-13)22-15(23)9-18(2,3)21-17(22)20/h4-7,11,14,16H,8-9H2,1-3H3,(H2,20,21)/t11-,14-,16?/m1/s1. The van der Waals surface area contributed by atoms with Crippen LogP contribution in [0.3, 0.4) is 0 Å². The molecule has 2 aliphatic rings. The highest BCUT2D eigenvalue weighted by molar-refractivity contribution is 5.99. The van der Waals surface area contributed by atoms with E-state index >= 15 is 0 Å². The molecule has 3 rings (SSSR count). The molecule has 1 amide bonds. The molecule has 5 nitrogen and oxygen atoms in total. The number of benzene rings is 1. The van der Waals surface area contributed by atoms with Gasteiger partial charge in [-0.3, -0.25) is 15.1 Å². The smallest absolute Gasteiger partial charge is 0.232 e. The van der Waals surface area contributed by atoms with Crippen LogP contribution in [0.1, 0.15) is 50.8 Å². The summed E-state index contributed by atoms with van der Waals surface area (Å²) in [6.07, 6.45) is 1.44. The number of nitrogens with one attached hydrogen (secondary N) is 2. The van der Waals surface area contributed by atoms with Crippen molar-refractivity contribution in [1.82, 2.24) is 10.2 Å². The first kappa shape index (κ1) is 15.5. The van der Waals surface area contributed by atoms with E-state index in [1.165, 1.54) is 0 Å². The highest BCUT2D eigenvalue weighted by Crippen LogP contribution is 2.50. The maximum atomic E-state index is 12.7. The first-order valence-electron chi connectivity index (χ1n) is 8.01. The van der Waals surface area contributed by atoms with Gasteiger partial charge in [0.25, 0.3) is 0 Å². The Balaban J connectivity index is 1.95. The Bertz CT molecular complexity index is 666. The predicted octanol–water partition coefficient (Wildman–Crippen LogP) is 2.79. The van der Waals surface area contributed by atoms with E-state index in [2.05, 4.69) is 18.3 Å². The number of carbonyl (C=O) groups is 1. The third-order valence-corrected chi connectivity index (χ3v) is 4.80. The van der Waals surface area contributed by atoms with Gasteiger partial charge in [-0.1, -0.05) is 19.1 Å². The highest BCUT2D eigenvalue weighted by atomic mass is 16.2. The number of rotatable bonds is 3. The Morgan fingerprint density at radius 3 is 2.48 bits per heavy atom. The number of amides is 1. The topological polar surface area (TPSA) is 80.0 Å². The summed E-state index contributed by atoms with van der Waals surface area (Å²) in [5.74, 6) is 1.09. The van der Waals surface area contributed by atoms with Gasteiger partial charge in [0.2, 0.25) is 5.91 Å². The molecule has 2 fully saturated rings. The Morgan fingerprint density at radius 1 is 1.39 bits per heavy atom. The van der Waals surface area contributed by atoms with Crippen molar-refractivity contribution < 1.29 is 4.79 Å². The maximum absolute atomic E-state index is 12.7. The van der Waals surface area contributed by atoms with Gasteiger partial charge >= 0.3 is 0 Å². The zero-order valence-electron chi connectivity index (χ0n) is 13.8. The first-order chi connectivity index (χ1) is 10.8. The second-order valence-corrected chi connectivity index (χ2v) is 7.35. The SMILES string of the molecule is C[C@@H]1C[C@H]1C(c1ccc(C#N)cc1)N1C(=N)NC(C)(C)CC1=O. The van der Waals surface area contributed by atoms with E-state index in [0.717, 1.165) is 12.0 Å². The lowest BCUT2D eigenvalue weighted by Crippen LogP contribution is -2.60. The molecule has 0 bridgehead atoms. The van der Waals surface area contributed by atoms with Gasteiger partial charge in [0.05, 0.1) is 17.7 Å². The molecule has 1 saturated carbocycles. The molecule has 1 heterocycles. The molecule has 3 atom stereocenters. The number of guanidine groups is 1. The molecule has 120 valence electrons. The lowest BCUT2D eigenvalue weighted by molar-refractivity contribution is -0.132. The summed E-state index contributed by atoms with van der Waals surface area (Å²) in [6.45, 7) is 6.05. The van der Waals surface area contributed by atoms with Gasteiger partial charge in [0.15, 0.2) is 5.96 Å². The molecule has 1 aliphatic heterocycles. The van der Waals surface area contributed by atoms with Crippen LogP contribution in [0, 0.1) is 28.6 Å². The van der Waals surface area contributed by atoms with Crippen LogP contribution in [-0.4, -0.2) is 22.3 Å². The molecule has 2 N–H and O–H groups in total. The fourth-order valence-electron chi connectivity index (χ4n) is 3.44. The largest absolute Gasteiger partial charge is 0.351 e. The monoisotopic (exact) mass is 310 g/mol. The van der Waals surface area contributed by atoms with Gasteiger partial charge < -0.3 is 5.32 Å². The predicted molar refractivity (Wildman–Crippen MR) is 87.6 cm³/mol. The molecular weight excluding hydrogens is 288 g/mol. The van der Waals surface area contributed by atoms with Crippen LogP contribution in [0.15, 0.2) is 24.3 Å². The molecule has 1 saturated heterocycles. The summed E-state index contributed by atoms with van der Waals surface area (Å²) < 4.78 is 0. The molecular formula is C18H22N4O. The van der Waals surface area contributed by atoms with Crippen molar-refractivity contribution in [3.05, 3.63) is 35.4 Å². The molecule has 1 unspecified atom stereocenters. The van der Waals surface area contributed by atoms with Gasteiger partial charge in [-0.25, -0.2) is 0 Å². The summed E-state index contributed by atoms with van der Waals surface area (Å²) in [6, 6.07) is 9.38. The number of hydrogen-bond acceptors (Lipinski definition) is 3. The van der Waals surface area contributed by atoms with Crippen molar-refractivity contribution in [2.75, 3.05) is 0 Å². The minimum atomic E-state index is -0.380. The van der Waals surface area contributed by atoms with Crippen LogP contribution in [0.2, 0.25) is 0 Å². The molecule has 5 heteroatoms. The van der Waals surface area contributed by atoms with Gasteiger partial charge in [-0.05, 0) is 49.8 Å². The van der Waals surface area contributed by atoms with Crippen molar-refractivity contribution in [2.24, 2.45) is 11.8 Å². The Labute approximate surface area is 136 Å². The normalized spacial score (nSPS) is 27.1. The van der Waals surface area contributed by atoms with E-state index in [0.29, 0.717) is 23.8 Å². The Kier molecular flexibility index (Phi) is 3.63. The average molecular weight is 310 g/mol. The molecule has 1 aromatic carbocycles. The number of nitriles is 1. The maximum Gasteiger partial charge on any atom is 0.232 e. The van der Waals surface area contributed by atoms with E-state index in [4.69, 9.17) is 10.7 Å². The van der Waals surface area contributed by atoms with Gasteiger partial charge in [0.1, 0.15) is 0 Å². The lowest BCUT2D eigenvalue weighted by atomic mass is 9.93. The van der Waals surface area contributed by atoms with Crippen molar-refractivity contribution in [3.8, 4) is 6.07 Å². The summed E-state index contributed by atoms with van der Waals surface area (Å²) in [5, 5.41) is 20.4. The highest BCUT2D eigenvalue weighted by Gasteiger charge is 2.48. The molecule has 0 aromatic heterocycles. The van der Waals surface area contributed by atoms with Gasteiger partial charge in [-0.15, -0.1) is 0 Å². The minimum absolute atomic E-state index is 0.00721. The summed E-state index contributed by atoms with van der Waals surface area (Å²) in [5.41, 5.74) is 1.23. The Hall–Kier alpha value is -2.35. The van der Waals surface area contributed by atoms with Crippen LogP contribution in [0.5, 0.6) is 0 Å². The second-order valence-electron chi connectivity index (χ2n) is 7.35. The van der Waals surface area contributed by atoms with E-state index in [1.807, 2.05) is 26.0 Å². The van der Waals surface area contributed by atoms with Crippen molar-refractivity contribution in [1.29, 1.82) is 10.7 Å². The third-order valence-electron chi connectivity index (χ3n) is 4.80. The van der Waals surface area contributed by atoms with Crippen LogP contribution in [-0.2, 0) is 4.79 Å². The minimum Gasteiger partial charge on any atom is -0.351 e. The summed E-state index contributed by atoms with van der Waals surface area (Å²) in [4.78, 5) is 14.3. The molecule has 0 spiro atoms. The van der Waals surface area contributed by atoms with Crippen LogP contribution < -0.4 is 5.32 Å². The molecule has 1 aromatic rings. The molecule has 1 aliphatic carbocycles. The number of nitrogens with zero attached hydrogens (tertiary/aromatic N) is 2. The second kappa shape index (κ2) is 5.38.